The van der Waals surface area contributed by atoms with Crippen molar-refractivity contribution < 1.29 is 5.11 Å². The zero-order valence-electron chi connectivity index (χ0n) is 11.9. The van der Waals surface area contributed by atoms with Crippen molar-refractivity contribution in [3.63, 3.8) is 0 Å². The lowest BCUT2D eigenvalue weighted by Crippen LogP contribution is -2.35. The van der Waals surface area contributed by atoms with E-state index in [-0.39, 0.29) is 6.04 Å². The molecule has 1 aromatic carbocycles. The summed E-state index contributed by atoms with van der Waals surface area (Å²) in [5.74, 6) is 0.336. The van der Waals surface area contributed by atoms with Crippen LogP contribution in [0, 0.1) is 0 Å². The van der Waals surface area contributed by atoms with Crippen LogP contribution in [0.3, 0.4) is 0 Å². The zero-order chi connectivity index (χ0) is 13.7. The van der Waals surface area contributed by atoms with Crippen molar-refractivity contribution in [1.82, 2.24) is 10.2 Å². The standard InChI is InChI=1S/C16H24N2O/c1-13-6-9-18(10-7-13)11-8-17-14(2)15-4-3-5-16(19)12-15/h3-6,12,14,17,19H,7-11H2,1-2H3. The first-order chi connectivity index (χ1) is 9.15. The van der Waals surface area contributed by atoms with Crippen molar-refractivity contribution in [1.29, 1.82) is 0 Å². The monoisotopic (exact) mass is 260 g/mol. The lowest BCUT2D eigenvalue weighted by Gasteiger charge is -2.26. The molecule has 3 nitrogen and oxygen atoms in total. The summed E-state index contributed by atoms with van der Waals surface area (Å²) in [6, 6.07) is 7.74. The summed E-state index contributed by atoms with van der Waals surface area (Å²) in [7, 11) is 0. The minimum atomic E-state index is 0.272. The Morgan fingerprint density at radius 2 is 2.26 bits per heavy atom. The van der Waals surface area contributed by atoms with Gasteiger partial charge < -0.3 is 10.4 Å². The zero-order valence-corrected chi connectivity index (χ0v) is 11.9. The molecule has 2 rings (SSSR count). The van der Waals surface area contributed by atoms with Crippen LogP contribution in [0.1, 0.15) is 31.9 Å². The summed E-state index contributed by atoms with van der Waals surface area (Å²) < 4.78 is 0. The van der Waals surface area contributed by atoms with Crippen LogP contribution < -0.4 is 5.32 Å². The summed E-state index contributed by atoms with van der Waals surface area (Å²) >= 11 is 0. The topological polar surface area (TPSA) is 35.5 Å². The van der Waals surface area contributed by atoms with Crippen molar-refractivity contribution in [3.8, 4) is 5.75 Å². The highest BCUT2D eigenvalue weighted by Gasteiger charge is 2.10. The van der Waals surface area contributed by atoms with Gasteiger partial charge in [0.1, 0.15) is 5.75 Å². The van der Waals surface area contributed by atoms with Crippen molar-refractivity contribution in [2.24, 2.45) is 0 Å². The number of benzene rings is 1. The van der Waals surface area contributed by atoms with E-state index in [1.165, 1.54) is 18.5 Å². The van der Waals surface area contributed by atoms with Crippen LogP contribution in [0.2, 0.25) is 0 Å². The van der Waals surface area contributed by atoms with E-state index < -0.39 is 0 Å². The van der Waals surface area contributed by atoms with E-state index in [1.807, 2.05) is 18.2 Å². The van der Waals surface area contributed by atoms with Gasteiger partial charge in [-0.2, -0.15) is 0 Å². The Bertz CT molecular complexity index is 442. The van der Waals surface area contributed by atoms with Gasteiger partial charge in [0, 0.05) is 32.2 Å². The van der Waals surface area contributed by atoms with E-state index in [0.717, 1.165) is 25.2 Å². The average molecular weight is 260 g/mol. The molecular formula is C16H24N2O. The number of nitrogens with one attached hydrogen (secondary N) is 1. The van der Waals surface area contributed by atoms with Crippen LogP contribution in [0.25, 0.3) is 0 Å². The first-order valence-corrected chi connectivity index (χ1v) is 7.05. The second-order valence-corrected chi connectivity index (χ2v) is 5.37. The molecule has 1 aliphatic rings. The fourth-order valence-corrected chi connectivity index (χ4v) is 2.37. The number of hydrogen-bond acceptors (Lipinski definition) is 3. The molecule has 0 bridgehead atoms. The number of phenolic OH excluding ortho intramolecular Hbond substituents is 1. The molecule has 0 saturated heterocycles. The highest BCUT2D eigenvalue weighted by atomic mass is 16.3. The molecule has 104 valence electrons. The van der Waals surface area contributed by atoms with Gasteiger partial charge in [-0.15, -0.1) is 0 Å². The van der Waals surface area contributed by atoms with Gasteiger partial charge in [0.05, 0.1) is 0 Å². The van der Waals surface area contributed by atoms with Crippen LogP contribution in [0.5, 0.6) is 5.75 Å². The molecule has 0 aliphatic carbocycles. The van der Waals surface area contributed by atoms with Gasteiger partial charge in [-0.1, -0.05) is 23.8 Å². The highest BCUT2D eigenvalue weighted by Crippen LogP contribution is 2.17. The number of nitrogens with zero attached hydrogens (tertiary/aromatic N) is 1. The van der Waals surface area contributed by atoms with Crippen molar-refractivity contribution in [3.05, 3.63) is 41.5 Å². The Balaban J connectivity index is 1.74. The van der Waals surface area contributed by atoms with Crippen molar-refractivity contribution >= 4 is 0 Å². The van der Waals surface area contributed by atoms with Gasteiger partial charge in [-0.25, -0.2) is 0 Å². The van der Waals surface area contributed by atoms with Gasteiger partial charge in [-0.05, 0) is 38.0 Å². The van der Waals surface area contributed by atoms with E-state index >= 15 is 0 Å². The third-order valence-electron chi connectivity index (χ3n) is 3.77. The first kappa shape index (κ1) is 14.1. The van der Waals surface area contributed by atoms with E-state index in [4.69, 9.17) is 0 Å². The van der Waals surface area contributed by atoms with Crippen LogP contribution in [-0.2, 0) is 0 Å². The molecular weight excluding hydrogens is 236 g/mol. The van der Waals surface area contributed by atoms with Gasteiger partial charge in [0.15, 0.2) is 0 Å². The van der Waals surface area contributed by atoms with Crippen LogP contribution >= 0.6 is 0 Å². The molecule has 0 spiro atoms. The van der Waals surface area contributed by atoms with Gasteiger partial charge in [0.25, 0.3) is 0 Å². The van der Waals surface area contributed by atoms with E-state index in [2.05, 4.69) is 30.1 Å². The number of phenols is 1. The summed E-state index contributed by atoms with van der Waals surface area (Å²) in [4.78, 5) is 2.47. The Kier molecular flexibility index (Phi) is 5.00. The first-order valence-electron chi connectivity index (χ1n) is 7.05. The van der Waals surface area contributed by atoms with Crippen molar-refractivity contribution in [2.45, 2.75) is 26.3 Å². The molecule has 0 amide bonds. The maximum absolute atomic E-state index is 9.47. The van der Waals surface area contributed by atoms with Gasteiger partial charge in [0.2, 0.25) is 0 Å². The lowest BCUT2D eigenvalue weighted by atomic mass is 10.1. The Labute approximate surface area is 115 Å². The van der Waals surface area contributed by atoms with E-state index in [9.17, 15) is 5.11 Å². The predicted molar refractivity (Wildman–Crippen MR) is 79.3 cm³/mol. The smallest absolute Gasteiger partial charge is 0.115 e. The summed E-state index contributed by atoms with van der Waals surface area (Å²) in [5, 5.41) is 13.0. The molecule has 0 aromatic heterocycles. The molecule has 0 fully saturated rings. The highest BCUT2D eigenvalue weighted by molar-refractivity contribution is 5.28. The molecule has 1 heterocycles. The minimum absolute atomic E-state index is 0.272. The molecule has 1 aromatic rings. The average Bonchev–Trinajstić information content (AvgIpc) is 2.41. The fourth-order valence-electron chi connectivity index (χ4n) is 2.37. The Morgan fingerprint density at radius 1 is 1.42 bits per heavy atom. The lowest BCUT2D eigenvalue weighted by molar-refractivity contribution is 0.289. The molecule has 1 aliphatic heterocycles. The summed E-state index contributed by atoms with van der Waals surface area (Å²) in [5.41, 5.74) is 2.65. The predicted octanol–water partition coefficient (Wildman–Crippen LogP) is 2.69. The third-order valence-corrected chi connectivity index (χ3v) is 3.77. The maximum atomic E-state index is 9.47. The molecule has 2 N–H and O–H groups in total. The number of rotatable bonds is 5. The fraction of sp³-hybridized carbons (Fsp3) is 0.500. The number of hydrogen-bond donors (Lipinski definition) is 2. The quantitative estimate of drug-likeness (QED) is 0.799. The molecule has 3 heteroatoms. The molecule has 19 heavy (non-hydrogen) atoms. The maximum Gasteiger partial charge on any atom is 0.115 e. The minimum Gasteiger partial charge on any atom is -0.508 e. The Morgan fingerprint density at radius 3 is 2.95 bits per heavy atom. The normalized spacial score (nSPS) is 18.1. The Hall–Kier alpha value is -1.32. The summed E-state index contributed by atoms with van der Waals surface area (Å²) in [6.45, 7) is 8.64. The number of aromatic hydroxyl groups is 1. The van der Waals surface area contributed by atoms with Crippen LogP contribution in [-0.4, -0.2) is 36.2 Å². The van der Waals surface area contributed by atoms with Gasteiger partial charge >= 0.3 is 0 Å². The molecule has 1 atom stereocenters. The second-order valence-electron chi connectivity index (χ2n) is 5.37. The summed E-state index contributed by atoms with van der Waals surface area (Å²) in [6.07, 6.45) is 3.52. The van der Waals surface area contributed by atoms with Gasteiger partial charge in [-0.3, -0.25) is 4.90 Å². The second kappa shape index (κ2) is 6.73. The molecule has 0 saturated carbocycles. The van der Waals surface area contributed by atoms with Crippen LogP contribution in [0.15, 0.2) is 35.9 Å². The SMILES string of the molecule is CC1=CCN(CCNC(C)c2cccc(O)c2)CC1. The van der Waals surface area contributed by atoms with E-state index in [1.54, 1.807) is 6.07 Å². The molecule has 1 unspecified atom stereocenters. The largest absolute Gasteiger partial charge is 0.508 e. The van der Waals surface area contributed by atoms with E-state index in [0.29, 0.717) is 5.75 Å². The van der Waals surface area contributed by atoms with Crippen LogP contribution in [0.4, 0.5) is 0 Å². The van der Waals surface area contributed by atoms with Crippen molar-refractivity contribution in [2.75, 3.05) is 26.2 Å². The molecule has 0 radical (unpaired) electrons. The third kappa shape index (κ3) is 4.37.